The normalized spacial score (nSPS) is 14.9. The molecule has 1 fully saturated rings. The molecule has 2 heterocycles. The molecule has 9 heteroatoms. The number of ether oxygens (including phenoxy) is 1. The first kappa shape index (κ1) is 22.3. The number of halogens is 1. The van der Waals surface area contributed by atoms with Gasteiger partial charge in [0.05, 0.1) is 11.7 Å². The van der Waals surface area contributed by atoms with Crippen LogP contribution in [0.5, 0.6) is 5.75 Å². The largest absolute Gasteiger partial charge is 0.490 e. The third-order valence-electron chi connectivity index (χ3n) is 5.36. The lowest BCUT2D eigenvalue weighted by atomic mass is 10.0. The van der Waals surface area contributed by atoms with Crippen molar-refractivity contribution in [1.82, 2.24) is 9.62 Å². The summed E-state index contributed by atoms with van der Waals surface area (Å²) >= 11 is 0. The van der Waals surface area contributed by atoms with Crippen molar-refractivity contribution in [3.63, 3.8) is 0 Å². The molecule has 2 aromatic carbocycles. The van der Waals surface area contributed by atoms with Crippen LogP contribution in [0.15, 0.2) is 45.7 Å². The van der Waals surface area contributed by atoms with Gasteiger partial charge < -0.3 is 14.5 Å². The topological polar surface area (TPSA) is 88.8 Å². The molecule has 1 aliphatic rings. The van der Waals surface area contributed by atoms with Gasteiger partial charge in [-0.3, -0.25) is 4.79 Å². The van der Waals surface area contributed by atoms with Gasteiger partial charge in [-0.25, -0.2) is 12.8 Å². The molecule has 0 atom stereocenters. The van der Waals surface area contributed by atoms with Crippen LogP contribution in [0.2, 0.25) is 0 Å². The van der Waals surface area contributed by atoms with Crippen LogP contribution in [0, 0.1) is 5.82 Å². The monoisotopic (exact) mass is 460 g/mol. The molecule has 0 aliphatic carbocycles. The molecule has 7 nitrogen and oxygen atoms in total. The van der Waals surface area contributed by atoms with Crippen LogP contribution < -0.4 is 10.1 Å². The number of amides is 1. The zero-order valence-corrected chi connectivity index (χ0v) is 19.0. The summed E-state index contributed by atoms with van der Waals surface area (Å²) in [6, 6.07) is 8.51. The maximum atomic E-state index is 13.4. The zero-order chi connectivity index (χ0) is 23.0. The van der Waals surface area contributed by atoms with Crippen molar-refractivity contribution < 1.29 is 26.8 Å². The summed E-state index contributed by atoms with van der Waals surface area (Å²) in [5.74, 6) is -0.437. The van der Waals surface area contributed by atoms with Crippen molar-refractivity contribution in [2.75, 3.05) is 20.1 Å². The lowest BCUT2D eigenvalue weighted by Gasteiger charge is -2.19. The summed E-state index contributed by atoms with van der Waals surface area (Å²) in [4.78, 5) is 12.8. The van der Waals surface area contributed by atoms with Gasteiger partial charge in [-0.1, -0.05) is 0 Å². The quantitative estimate of drug-likeness (QED) is 0.596. The minimum Gasteiger partial charge on any atom is -0.490 e. The number of hydrogen-bond donors (Lipinski definition) is 1. The second-order valence-corrected chi connectivity index (χ2v) is 9.87. The van der Waals surface area contributed by atoms with Crippen LogP contribution in [0.25, 0.3) is 22.3 Å². The van der Waals surface area contributed by atoms with Crippen LogP contribution in [-0.2, 0) is 10.0 Å². The Morgan fingerprint density at radius 2 is 1.81 bits per heavy atom. The number of carbonyl (C=O) groups is 1. The molecule has 3 aromatic rings. The van der Waals surface area contributed by atoms with Crippen LogP contribution in [0.3, 0.4) is 0 Å². The summed E-state index contributed by atoms with van der Waals surface area (Å²) in [5, 5.41) is 3.01. The lowest BCUT2D eigenvalue weighted by Crippen LogP contribution is -2.28. The Bertz CT molecular complexity index is 1260. The van der Waals surface area contributed by atoms with Crippen molar-refractivity contribution >= 4 is 26.9 Å². The van der Waals surface area contributed by atoms with Crippen LogP contribution in [-0.4, -0.2) is 44.9 Å². The van der Waals surface area contributed by atoms with E-state index in [4.69, 9.17) is 9.15 Å². The summed E-state index contributed by atoms with van der Waals surface area (Å²) in [5.41, 5.74) is 0.959. The molecule has 1 N–H and O–H groups in total. The van der Waals surface area contributed by atoms with Gasteiger partial charge in [0, 0.05) is 37.2 Å². The average Bonchev–Trinajstić information content (AvgIpc) is 3.41. The molecule has 32 heavy (non-hydrogen) atoms. The first-order chi connectivity index (χ1) is 15.2. The summed E-state index contributed by atoms with van der Waals surface area (Å²) in [6.07, 6.45) is 1.32. The molecule has 170 valence electrons. The Kier molecular flexibility index (Phi) is 5.96. The maximum absolute atomic E-state index is 13.4. The fourth-order valence-electron chi connectivity index (χ4n) is 3.87. The summed E-state index contributed by atoms with van der Waals surface area (Å²) < 4.78 is 53.4. The Morgan fingerprint density at radius 3 is 2.41 bits per heavy atom. The fourth-order valence-corrected chi connectivity index (χ4v) is 5.51. The molecule has 1 aromatic heterocycles. The van der Waals surface area contributed by atoms with E-state index in [1.165, 1.54) is 41.7 Å². The molecule has 0 bridgehead atoms. The number of rotatable bonds is 6. The number of nitrogens with zero attached hydrogens (tertiary/aromatic N) is 1. The molecule has 4 rings (SSSR count). The maximum Gasteiger partial charge on any atom is 0.255 e. The number of carbonyl (C=O) groups excluding carboxylic acids is 1. The van der Waals surface area contributed by atoms with Gasteiger partial charge >= 0.3 is 0 Å². The van der Waals surface area contributed by atoms with E-state index in [9.17, 15) is 17.6 Å². The van der Waals surface area contributed by atoms with Crippen LogP contribution >= 0.6 is 0 Å². The molecule has 1 amide bonds. The van der Waals surface area contributed by atoms with E-state index >= 15 is 0 Å². The molecular weight excluding hydrogens is 435 g/mol. The Hall–Kier alpha value is -2.91. The van der Waals surface area contributed by atoms with Gasteiger partial charge in [0.25, 0.3) is 5.91 Å². The van der Waals surface area contributed by atoms with E-state index in [0.29, 0.717) is 24.0 Å². The first-order valence-electron chi connectivity index (χ1n) is 10.5. The highest BCUT2D eigenvalue weighted by Gasteiger charge is 2.32. The van der Waals surface area contributed by atoms with Crippen LogP contribution in [0.4, 0.5) is 4.39 Å². The molecule has 0 unspecified atom stereocenters. The minimum absolute atomic E-state index is 0.00321. The van der Waals surface area contributed by atoms with E-state index in [-0.39, 0.29) is 33.7 Å². The van der Waals surface area contributed by atoms with Crippen molar-refractivity contribution in [2.45, 2.75) is 37.7 Å². The highest BCUT2D eigenvalue weighted by Crippen LogP contribution is 2.40. The number of nitrogens with one attached hydrogen (secondary N) is 1. The van der Waals surface area contributed by atoms with E-state index < -0.39 is 21.7 Å². The van der Waals surface area contributed by atoms with Crippen molar-refractivity contribution in [3.8, 4) is 17.1 Å². The molecule has 0 spiro atoms. The molecule has 0 saturated carbocycles. The summed E-state index contributed by atoms with van der Waals surface area (Å²) in [6.45, 7) is 4.50. The average molecular weight is 461 g/mol. The number of hydrogen-bond acceptors (Lipinski definition) is 5. The predicted octanol–water partition coefficient (Wildman–Crippen LogP) is 4.17. The first-order valence-corrected chi connectivity index (χ1v) is 11.9. The zero-order valence-electron chi connectivity index (χ0n) is 18.1. The Labute approximate surface area is 186 Å². The highest BCUT2D eigenvalue weighted by atomic mass is 32.2. The molecule has 0 radical (unpaired) electrons. The van der Waals surface area contributed by atoms with E-state index in [1.54, 1.807) is 19.9 Å². The second-order valence-electron chi connectivity index (χ2n) is 7.97. The van der Waals surface area contributed by atoms with Crippen molar-refractivity contribution in [3.05, 3.63) is 47.8 Å². The van der Waals surface area contributed by atoms with Gasteiger partial charge in [-0.05, 0) is 57.0 Å². The van der Waals surface area contributed by atoms with Gasteiger partial charge in [0.15, 0.2) is 0 Å². The summed E-state index contributed by atoms with van der Waals surface area (Å²) in [7, 11) is -2.31. The van der Waals surface area contributed by atoms with Gasteiger partial charge in [0.1, 0.15) is 27.8 Å². The Balaban J connectivity index is 1.98. The number of sulfonamides is 1. The number of fused-ring (bicyclic) bond motifs is 1. The van der Waals surface area contributed by atoms with Gasteiger partial charge in [-0.2, -0.15) is 4.31 Å². The van der Waals surface area contributed by atoms with Crippen molar-refractivity contribution in [1.29, 1.82) is 0 Å². The molecule has 1 aliphatic heterocycles. The van der Waals surface area contributed by atoms with Gasteiger partial charge in [-0.15, -0.1) is 0 Å². The Morgan fingerprint density at radius 1 is 1.16 bits per heavy atom. The van der Waals surface area contributed by atoms with Crippen molar-refractivity contribution in [2.24, 2.45) is 0 Å². The third kappa shape index (κ3) is 3.98. The van der Waals surface area contributed by atoms with Crippen LogP contribution in [0.1, 0.15) is 37.0 Å². The number of furan rings is 1. The fraction of sp³-hybridized carbons (Fsp3) is 0.348. The van der Waals surface area contributed by atoms with E-state index in [0.717, 1.165) is 12.8 Å². The molecular formula is C23H25FN2O5S. The number of benzene rings is 2. The molecule has 1 saturated heterocycles. The third-order valence-corrected chi connectivity index (χ3v) is 7.28. The van der Waals surface area contributed by atoms with E-state index in [2.05, 4.69) is 5.32 Å². The lowest BCUT2D eigenvalue weighted by molar-refractivity contribution is 0.0964. The second kappa shape index (κ2) is 8.55. The minimum atomic E-state index is -3.81. The standard InChI is InChI=1S/C23H25FN2O5S/c1-14(2)30-19-12-17-18(13-20(19)32(28,29)26-10-4-5-11-26)31-22(21(17)23(27)25-3)15-6-8-16(24)9-7-15/h6-9,12-14H,4-5,10-11H2,1-3H3,(H,25,27). The SMILES string of the molecule is CNC(=O)c1c(-c2ccc(F)cc2)oc2cc(S(=O)(=O)N3CCCC3)c(OC(C)C)cc12. The van der Waals surface area contributed by atoms with E-state index in [1.807, 2.05) is 0 Å². The smallest absolute Gasteiger partial charge is 0.255 e. The van der Waals surface area contributed by atoms with Gasteiger partial charge in [0.2, 0.25) is 10.0 Å². The highest BCUT2D eigenvalue weighted by molar-refractivity contribution is 7.89. The predicted molar refractivity (Wildman–Crippen MR) is 119 cm³/mol.